The fourth-order valence-electron chi connectivity index (χ4n) is 4.69. The molecule has 2 aliphatic heterocycles. The summed E-state index contributed by atoms with van der Waals surface area (Å²) in [5.41, 5.74) is 3.60. The van der Waals surface area contributed by atoms with E-state index < -0.39 is 5.85 Å². The standard InChI is InChI=1S/C24H31N5O3/c1-17-16-28(10-11-29(17)22(30)8-12-31-2)24(32-3)20(14-25)13-21(19-5-4-9-26-15-19)23(27-24)18-6-7-18/h4-5,9,13,15,17-18,27H,6-8,10-12,16H2,1-3H3/t17?,24-/m1/s1. The number of nitrogens with one attached hydrogen (secondary N) is 1. The molecule has 3 aliphatic rings. The number of methoxy groups -OCH3 is 2. The van der Waals surface area contributed by atoms with Gasteiger partial charge in [0.15, 0.2) is 0 Å². The van der Waals surface area contributed by atoms with Gasteiger partial charge in [0.05, 0.1) is 18.6 Å². The number of nitrogens with zero attached hydrogens (tertiary/aromatic N) is 4. The van der Waals surface area contributed by atoms with Crippen molar-refractivity contribution in [3.63, 3.8) is 0 Å². The van der Waals surface area contributed by atoms with Gasteiger partial charge in [-0.05, 0) is 37.8 Å². The van der Waals surface area contributed by atoms with Gasteiger partial charge in [0, 0.05) is 69.1 Å². The molecule has 1 aliphatic carbocycles. The van der Waals surface area contributed by atoms with Crippen LogP contribution in [0.25, 0.3) is 5.57 Å². The van der Waals surface area contributed by atoms with E-state index >= 15 is 0 Å². The van der Waals surface area contributed by atoms with Gasteiger partial charge < -0.3 is 19.7 Å². The van der Waals surface area contributed by atoms with E-state index in [0.717, 1.165) is 29.7 Å². The van der Waals surface area contributed by atoms with E-state index in [1.165, 1.54) is 0 Å². The summed E-state index contributed by atoms with van der Waals surface area (Å²) >= 11 is 0. The fourth-order valence-corrected chi connectivity index (χ4v) is 4.69. The molecule has 1 saturated heterocycles. The van der Waals surface area contributed by atoms with Crippen LogP contribution in [0.1, 0.15) is 31.7 Å². The first kappa shape index (κ1) is 22.5. The highest BCUT2D eigenvalue weighted by Crippen LogP contribution is 2.44. The molecule has 1 saturated carbocycles. The molecule has 1 aromatic rings. The van der Waals surface area contributed by atoms with Crippen molar-refractivity contribution >= 4 is 11.5 Å². The third kappa shape index (κ3) is 4.16. The Balaban J connectivity index is 1.62. The van der Waals surface area contributed by atoms with Gasteiger partial charge in [-0.3, -0.25) is 9.78 Å². The van der Waals surface area contributed by atoms with Crippen LogP contribution in [-0.2, 0) is 14.3 Å². The second-order valence-electron chi connectivity index (χ2n) is 8.61. The zero-order valence-electron chi connectivity index (χ0n) is 19.0. The summed E-state index contributed by atoms with van der Waals surface area (Å²) in [7, 11) is 3.24. The van der Waals surface area contributed by atoms with Crippen molar-refractivity contribution in [2.24, 2.45) is 5.92 Å². The van der Waals surface area contributed by atoms with Crippen LogP contribution in [0.4, 0.5) is 0 Å². The summed E-state index contributed by atoms with van der Waals surface area (Å²) in [5, 5.41) is 13.8. The number of amides is 1. The predicted octanol–water partition coefficient (Wildman–Crippen LogP) is 2.13. The summed E-state index contributed by atoms with van der Waals surface area (Å²) < 4.78 is 11.1. The lowest BCUT2D eigenvalue weighted by Gasteiger charge is -2.50. The molecular weight excluding hydrogens is 406 g/mol. The molecule has 0 bridgehead atoms. The van der Waals surface area contributed by atoms with Crippen molar-refractivity contribution < 1.29 is 14.3 Å². The quantitative estimate of drug-likeness (QED) is 0.699. The van der Waals surface area contributed by atoms with Crippen LogP contribution in [0.2, 0.25) is 0 Å². The summed E-state index contributed by atoms with van der Waals surface area (Å²) in [6.45, 7) is 4.23. The number of ether oxygens (including phenoxy) is 2. The SMILES string of the molecule is COCCC(=O)N1CCN([C@]2(OC)NC(C3CC3)=C(c3cccnc3)C=C2C#N)CC1C. The lowest BCUT2D eigenvalue weighted by Crippen LogP contribution is -2.68. The first-order valence-corrected chi connectivity index (χ1v) is 11.2. The zero-order valence-corrected chi connectivity index (χ0v) is 19.0. The number of carbonyl (C=O) groups excluding carboxylic acids is 1. The molecule has 1 N–H and O–H groups in total. The van der Waals surface area contributed by atoms with Crippen LogP contribution in [0.5, 0.6) is 0 Å². The highest BCUT2D eigenvalue weighted by molar-refractivity contribution is 5.80. The van der Waals surface area contributed by atoms with Gasteiger partial charge in [0.2, 0.25) is 11.8 Å². The van der Waals surface area contributed by atoms with Gasteiger partial charge in [-0.1, -0.05) is 6.07 Å². The third-order valence-corrected chi connectivity index (χ3v) is 6.54. The molecular formula is C24H31N5O3. The van der Waals surface area contributed by atoms with Gasteiger partial charge in [-0.2, -0.15) is 5.26 Å². The van der Waals surface area contributed by atoms with E-state index in [1.807, 2.05) is 36.2 Å². The molecule has 0 aromatic carbocycles. The number of dihydropyridines is 1. The Labute approximate surface area is 189 Å². The average Bonchev–Trinajstić information content (AvgIpc) is 3.67. The number of aromatic nitrogens is 1. The minimum absolute atomic E-state index is 0.00468. The summed E-state index contributed by atoms with van der Waals surface area (Å²) in [4.78, 5) is 20.9. The first-order chi connectivity index (χ1) is 15.5. The lowest BCUT2D eigenvalue weighted by molar-refractivity contribution is -0.157. The van der Waals surface area contributed by atoms with Crippen LogP contribution in [0.15, 0.2) is 41.9 Å². The molecule has 2 fully saturated rings. The van der Waals surface area contributed by atoms with Gasteiger partial charge >= 0.3 is 0 Å². The number of hydrogen-bond acceptors (Lipinski definition) is 7. The first-order valence-electron chi connectivity index (χ1n) is 11.2. The summed E-state index contributed by atoms with van der Waals surface area (Å²) in [6, 6.07) is 6.30. The van der Waals surface area contributed by atoms with Gasteiger partial charge in [0.1, 0.15) is 6.07 Å². The Bertz CT molecular complexity index is 950. The maximum atomic E-state index is 12.6. The Hall–Kier alpha value is -2.73. The summed E-state index contributed by atoms with van der Waals surface area (Å²) in [6.07, 6.45) is 8.13. The smallest absolute Gasteiger partial charge is 0.235 e. The van der Waals surface area contributed by atoms with Crippen LogP contribution >= 0.6 is 0 Å². The van der Waals surface area contributed by atoms with Crippen molar-refractivity contribution in [1.29, 1.82) is 5.26 Å². The Morgan fingerprint density at radius 2 is 2.19 bits per heavy atom. The number of nitriles is 1. The number of hydrogen-bond donors (Lipinski definition) is 1. The lowest BCUT2D eigenvalue weighted by atomic mass is 9.92. The number of piperazine rings is 1. The second kappa shape index (κ2) is 9.41. The molecule has 8 heteroatoms. The number of carbonyl (C=O) groups is 1. The van der Waals surface area contributed by atoms with Gasteiger partial charge in [0.25, 0.3) is 0 Å². The maximum absolute atomic E-state index is 12.6. The van der Waals surface area contributed by atoms with Crippen LogP contribution in [0.3, 0.4) is 0 Å². The van der Waals surface area contributed by atoms with E-state index in [4.69, 9.17) is 9.47 Å². The van der Waals surface area contributed by atoms with Crippen molar-refractivity contribution in [3.05, 3.63) is 47.4 Å². The van der Waals surface area contributed by atoms with Crippen LogP contribution in [0, 0.1) is 17.2 Å². The Kier molecular flexibility index (Phi) is 6.60. The van der Waals surface area contributed by atoms with E-state index in [2.05, 4.69) is 21.3 Å². The molecule has 4 rings (SSSR count). The van der Waals surface area contributed by atoms with E-state index in [0.29, 0.717) is 44.2 Å². The zero-order chi connectivity index (χ0) is 22.7. The molecule has 0 radical (unpaired) electrons. The van der Waals surface area contributed by atoms with Crippen molar-refractivity contribution in [2.75, 3.05) is 40.5 Å². The van der Waals surface area contributed by atoms with E-state index in [9.17, 15) is 10.1 Å². The molecule has 1 amide bonds. The maximum Gasteiger partial charge on any atom is 0.235 e. The minimum Gasteiger partial charge on any atom is -0.384 e. The molecule has 170 valence electrons. The molecule has 3 heterocycles. The largest absolute Gasteiger partial charge is 0.384 e. The molecule has 1 unspecified atom stereocenters. The van der Waals surface area contributed by atoms with Gasteiger partial charge in [-0.25, -0.2) is 4.90 Å². The normalized spacial score (nSPS) is 26.4. The molecule has 8 nitrogen and oxygen atoms in total. The highest BCUT2D eigenvalue weighted by Gasteiger charge is 2.49. The van der Waals surface area contributed by atoms with Crippen LogP contribution in [-0.4, -0.2) is 73.0 Å². The van der Waals surface area contributed by atoms with Crippen LogP contribution < -0.4 is 5.32 Å². The fraction of sp³-hybridized carbons (Fsp3) is 0.542. The topological polar surface area (TPSA) is 90.7 Å². The number of allylic oxidation sites excluding steroid dienone is 3. The van der Waals surface area contributed by atoms with E-state index in [-0.39, 0.29) is 11.9 Å². The molecule has 1 aromatic heterocycles. The molecule has 0 spiro atoms. The molecule has 2 atom stereocenters. The average molecular weight is 438 g/mol. The predicted molar refractivity (Wildman–Crippen MR) is 120 cm³/mol. The van der Waals surface area contributed by atoms with Crippen molar-refractivity contribution in [2.45, 2.75) is 38.1 Å². The van der Waals surface area contributed by atoms with Crippen molar-refractivity contribution in [1.82, 2.24) is 20.1 Å². The molecule has 32 heavy (non-hydrogen) atoms. The highest BCUT2D eigenvalue weighted by atomic mass is 16.5. The Morgan fingerprint density at radius 1 is 1.38 bits per heavy atom. The number of rotatable bonds is 7. The monoisotopic (exact) mass is 437 g/mol. The van der Waals surface area contributed by atoms with Crippen molar-refractivity contribution in [3.8, 4) is 6.07 Å². The third-order valence-electron chi connectivity index (χ3n) is 6.54. The second-order valence-corrected chi connectivity index (χ2v) is 8.61. The number of pyridine rings is 1. The summed E-state index contributed by atoms with van der Waals surface area (Å²) in [5.74, 6) is -0.532. The van der Waals surface area contributed by atoms with E-state index in [1.54, 1.807) is 20.4 Å². The van der Waals surface area contributed by atoms with Gasteiger partial charge in [-0.15, -0.1) is 0 Å². The minimum atomic E-state index is -1.05. The Morgan fingerprint density at radius 3 is 2.78 bits per heavy atom.